The molecule has 306 valence electrons. The SMILES string of the molecule is c1ccc(-c2ccc(N(c3ccc(-c4ccccc4)cc3)c3ccc(-c4ccc5nc(-c6ccc7c(c6)c6cc(-c8ccccc8)ccc6n7-c6ccccc6)sc5c4)cc3)cc2)cc1. The second-order valence-electron chi connectivity index (χ2n) is 16.4. The first-order chi connectivity index (χ1) is 32.2. The lowest BCUT2D eigenvalue weighted by atomic mass is 10.0. The molecule has 0 aliphatic carbocycles. The van der Waals surface area contributed by atoms with Gasteiger partial charge in [0, 0.05) is 39.1 Å². The summed E-state index contributed by atoms with van der Waals surface area (Å²) in [4.78, 5) is 7.53. The monoisotopic (exact) mass is 847 g/mol. The maximum atomic E-state index is 5.20. The average molecular weight is 848 g/mol. The van der Waals surface area contributed by atoms with Crippen LogP contribution in [-0.2, 0) is 0 Å². The van der Waals surface area contributed by atoms with Gasteiger partial charge in [-0.3, -0.25) is 0 Å². The number of aromatic nitrogens is 2. The second kappa shape index (κ2) is 16.4. The van der Waals surface area contributed by atoms with E-state index >= 15 is 0 Å². The van der Waals surface area contributed by atoms with Crippen LogP contribution in [0.1, 0.15) is 0 Å². The van der Waals surface area contributed by atoms with E-state index in [0.717, 1.165) is 44.4 Å². The number of thiazole rings is 1. The summed E-state index contributed by atoms with van der Waals surface area (Å²) in [5.74, 6) is 0. The topological polar surface area (TPSA) is 21.1 Å². The van der Waals surface area contributed by atoms with Crippen LogP contribution in [0.4, 0.5) is 17.1 Å². The number of nitrogens with zero attached hydrogens (tertiary/aromatic N) is 3. The highest BCUT2D eigenvalue weighted by atomic mass is 32.1. The van der Waals surface area contributed by atoms with Gasteiger partial charge in [0.25, 0.3) is 0 Å². The predicted octanol–water partition coefficient (Wildman–Crippen LogP) is 17.2. The minimum atomic E-state index is 1.01. The molecular weight excluding hydrogens is 807 g/mol. The Kier molecular flexibility index (Phi) is 9.70. The molecule has 0 atom stereocenters. The van der Waals surface area contributed by atoms with Crippen LogP contribution in [0.2, 0.25) is 0 Å². The molecule has 0 radical (unpaired) electrons. The number of para-hydroxylation sites is 1. The molecule has 65 heavy (non-hydrogen) atoms. The lowest BCUT2D eigenvalue weighted by Gasteiger charge is -2.26. The molecule has 0 spiro atoms. The molecule has 2 aromatic heterocycles. The molecule has 0 saturated heterocycles. The third kappa shape index (κ3) is 7.26. The van der Waals surface area contributed by atoms with Gasteiger partial charge >= 0.3 is 0 Å². The molecule has 0 aliphatic rings. The van der Waals surface area contributed by atoms with E-state index in [1.807, 2.05) is 0 Å². The zero-order valence-electron chi connectivity index (χ0n) is 35.4. The van der Waals surface area contributed by atoms with Gasteiger partial charge in [0.1, 0.15) is 5.01 Å². The quantitative estimate of drug-likeness (QED) is 0.144. The van der Waals surface area contributed by atoms with E-state index in [2.05, 4.69) is 258 Å². The van der Waals surface area contributed by atoms with Crippen LogP contribution in [0.3, 0.4) is 0 Å². The predicted molar refractivity (Wildman–Crippen MR) is 276 cm³/mol. The fourth-order valence-corrected chi connectivity index (χ4v) is 10.2. The second-order valence-corrected chi connectivity index (χ2v) is 17.4. The minimum absolute atomic E-state index is 1.01. The summed E-state index contributed by atoms with van der Waals surface area (Å²) < 4.78 is 3.54. The number of anilines is 3. The Balaban J connectivity index is 0.883. The van der Waals surface area contributed by atoms with Crippen molar-refractivity contribution in [3.05, 3.63) is 249 Å². The fourth-order valence-electron chi connectivity index (χ4n) is 9.17. The number of benzene rings is 10. The summed E-state index contributed by atoms with van der Waals surface area (Å²) in [6.45, 7) is 0. The van der Waals surface area contributed by atoms with Gasteiger partial charge < -0.3 is 9.47 Å². The molecule has 2 heterocycles. The van der Waals surface area contributed by atoms with E-state index in [0.29, 0.717) is 0 Å². The Bertz CT molecular complexity index is 3510. The fraction of sp³-hybridized carbons (Fsp3) is 0. The Morgan fingerprint density at radius 2 is 0.692 bits per heavy atom. The lowest BCUT2D eigenvalue weighted by Crippen LogP contribution is -2.09. The largest absolute Gasteiger partial charge is 0.311 e. The number of rotatable bonds is 9. The van der Waals surface area contributed by atoms with E-state index in [9.17, 15) is 0 Å². The minimum Gasteiger partial charge on any atom is -0.311 e. The van der Waals surface area contributed by atoms with Crippen molar-refractivity contribution < 1.29 is 0 Å². The molecule has 0 bridgehead atoms. The normalized spacial score (nSPS) is 11.4. The van der Waals surface area contributed by atoms with Crippen LogP contribution in [0.25, 0.3) is 92.8 Å². The molecule has 4 heteroatoms. The Labute approximate surface area is 382 Å². The third-order valence-corrected chi connectivity index (χ3v) is 13.5. The summed E-state index contributed by atoms with van der Waals surface area (Å²) in [6.07, 6.45) is 0. The zero-order valence-corrected chi connectivity index (χ0v) is 36.2. The van der Waals surface area contributed by atoms with Gasteiger partial charge in [0.05, 0.1) is 21.3 Å². The summed E-state index contributed by atoms with van der Waals surface area (Å²) in [7, 11) is 0. The maximum Gasteiger partial charge on any atom is 0.124 e. The average Bonchev–Trinajstić information content (AvgIpc) is 3.97. The van der Waals surface area contributed by atoms with Gasteiger partial charge in [0.15, 0.2) is 0 Å². The van der Waals surface area contributed by atoms with E-state index in [-0.39, 0.29) is 0 Å². The molecule has 12 aromatic rings. The van der Waals surface area contributed by atoms with E-state index in [4.69, 9.17) is 4.98 Å². The maximum absolute atomic E-state index is 5.20. The first kappa shape index (κ1) is 38.4. The molecule has 0 fully saturated rings. The molecule has 12 rings (SSSR count). The molecule has 0 aliphatic heterocycles. The summed E-state index contributed by atoms with van der Waals surface area (Å²) in [6, 6.07) is 89.4. The van der Waals surface area contributed by atoms with Gasteiger partial charge in [-0.2, -0.15) is 0 Å². The van der Waals surface area contributed by atoms with Crippen molar-refractivity contribution in [1.29, 1.82) is 0 Å². The standard InChI is InChI=1S/C61H41N3S/c1-5-13-42(14-6-1)45-21-30-52(31-22-45)63(53-32-23-46(24-33-53)43-15-7-2-8-16-43)54-34-25-47(26-35-54)49-27-36-57-60(41-49)65-61(62-57)50-29-38-59-56(40-50)55-39-48(44-17-9-3-10-18-44)28-37-58(55)64(59)51-19-11-4-12-20-51/h1-41H. The smallest absolute Gasteiger partial charge is 0.124 e. The summed E-state index contributed by atoms with van der Waals surface area (Å²) in [5.41, 5.74) is 18.5. The number of fused-ring (bicyclic) bond motifs is 4. The van der Waals surface area contributed by atoms with E-state index in [1.54, 1.807) is 11.3 Å². The molecule has 10 aromatic carbocycles. The van der Waals surface area contributed by atoms with E-state index in [1.165, 1.54) is 65.4 Å². The van der Waals surface area contributed by atoms with Gasteiger partial charge in [-0.05, 0) is 136 Å². The van der Waals surface area contributed by atoms with Crippen molar-refractivity contribution in [3.63, 3.8) is 0 Å². The van der Waals surface area contributed by atoms with Crippen LogP contribution in [0.5, 0.6) is 0 Å². The molecular formula is C61H41N3S. The van der Waals surface area contributed by atoms with E-state index < -0.39 is 0 Å². The van der Waals surface area contributed by atoms with Crippen LogP contribution in [0, 0.1) is 0 Å². The first-order valence-corrected chi connectivity index (χ1v) is 22.8. The van der Waals surface area contributed by atoms with Crippen LogP contribution in [-0.4, -0.2) is 9.55 Å². The first-order valence-electron chi connectivity index (χ1n) is 22.0. The van der Waals surface area contributed by atoms with Crippen molar-refractivity contribution >= 4 is 60.4 Å². The van der Waals surface area contributed by atoms with Gasteiger partial charge in [-0.1, -0.05) is 158 Å². The van der Waals surface area contributed by atoms with Gasteiger partial charge in [-0.15, -0.1) is 11.3 Å². The molecule has 0 unspecified atom stereocenters. The Morgan fingerprint density at radius 1 is 0.323 bits per heavy atom. The molecule has 0 N–H and O–H groups in total. The van der Waals surface area contributed by atoms with Crippen molar-refractivity contribution in [2.45, 2.75) is 0 Å². The van der Waals surface area contributed by atoms with Crippen molar-refractivity contribution in [3.8, 4) is 60.8 Å². The highest BCUT2D eigenvalue weighted by molar-refractivity contribution is 7.21. The van der Waals surface area contributed by atoms with Crippen LogP contribution in [0.15, 0.2) is 249 Å². The van der Waals surface area contributed by atoms with Crippen molar-refractivity contribution in [2.75, 3.05) is 4.90 Å². The van der Waals surface area contributed by atoms with Gasteiger partial charge in [0.2, 0.25) is 0 Å². The summed E-state index contributed by atoms with van der Waals surface area (Å²) in [5, 5.41) is 3.46. The van der Waals surface area contributed by atoms with Crippen LogP contribution >= 0.6 is 11.3 Å². The Hall–Kier alpha value is -8.31. The Morgan fingerprint density at radius 3 is 1.20 bits per heavy atom. The van der Waals surface area contributed by atoms with Crippen molar-refractivity contribution in [1.82, 2.24) is 9.55 Å². The van der Waals surface area contributed by atoms with Gasteiger partial charge in [-0.25, -0.2) is 4.98 Å². The zero-order chi connectivity index (χ0) is 43.1. The molecule has 0 saturated carbocycles. The van der Waals surface area contributed by atoms with Crippen molar-refractivity contribution in [2.24, 2.45) is 0 Å². The number of hydrogen-bond donors (Lipinski definition) is 0. The highest BCUT2D eigenvalue weighted by Gasteiger charge is 2.18. The van der Waals surface area contributed by atoms with Crippen LogP contribution < -0.4 is 4.90 Å². The molecule has 3 nitrogen and oxygen atoms in total. The highest BCUT2D eigenvalue weighted by Crippen LogP contribution is 2.41. The molecule has 0 amide bonds. The third-order valence-electron chi connectivity index (χ3n) is 12.4. The number of hydrogen-bond acceptors (Lipinski definition) is 3. The lowest BCUT2D eigenvalue weighted by molar-refractivity contribution is 1.18. The summed E-state index contributed by atoms with van der Waals surface area (Å²) >= 11 is 1.75.